The van der Waals surface area contributed by atoms with Gasteiger partial charge in [-0.15, -0.1) is 0 Å². The van der Waals surface area contributed by atoms with Gasteiger partial charge in [0.1, 0.15) is 11.2 Å². The molecule has 1 aliphatic rings. The van der Waals surface area contributed by atoms with E-state index in [1.807, 2.05) is 23.1 Å². The monoisotopic (exact) mass is 706 g/mol. The second-order valence-electron chi connectivity index (χ2n) is 13.6. The molecule has 7 rings (SSSR count). The Hall–Kier alpha value is -4.32. The molecule has 5 heteroatoms. The van der Waals surface area contributed by atoms with Gasteiger partial charge in [0.15, 0.2) is 0 Å². The number of nitrogens with zero attached hydrogens (tertiary/aromatic N) is 2. The average Bonchev–Trinajstić information content (AvgIpc) is 3.70. The molecule has 0 fully saturated rings. The second kappa shape index (κ2) is 17.8. The quantitative estimate of drug-likeness (QED) is 0.0924. The fourth-order valence-electron chi connectivity index (χ4n) is 7.59. The lowest BCUT2D eigenvalue weighted by Crippen LogP contribution is -2.66. The number of aryl methyl sites for hydroxylation is 1. The van der Waals surface area contributed by atoms with Crippen molar-refractivity contribution in [3.05, 3.63) is 161 Å². The molecule has 0 amide bonds. The van der Waals surface area contributed by atoms with Gasteiger partial charge in [0.25, 0.3) is 5.01 Å². The Morgan fingerprint density at radius 2 is 1.24 bits per heavy atom. The lowest BCUT2D eigenvalue weighted by atomic mass is 9.14. The molecule has 0 saturated carbocycles. The van der Waals surface area contributed by atoms with Gasteiger partial charge in [-0.05, 0) is 43.2 Å². The van der Waals surface area contributed by atoms with Gasteiger partial charge in [-0.3, -0.25) is 0 Å². The molecule has 0 unspecified atom stereocenters. The number of para-hydroxylation sites is 2. The minimum atomic E-state index is -0.913. The number of aromatic nitrogens is 1. The van der Waals surface area contributed by atoms with Crippen LogP contribution in [0.15, 0.2) is 161 Å². The summed E-state index contributed by atoms with van der Waals surface area (Å²) >= 11 is 3.77. The predicted molar refractivity (Wildman–Crippen MR) is 228 cm³/mol. The van der Waals surface area contributed by atoms with Gasteiger partial charge in [-0.2, -0.15) is 27.3 Å². The van der Waals surface area contributed by atoms with Crippen molar-refractivity contribution in [2.75, 3.05) is 11.4 Å². The normalized spacial score (nSPS) is 13.7. The molecular formula is C46H51BN2S2. The minimum Gasteiger partial charge on any atom is -0.335 e. The van der Waals surface area contributed by atoms with Crippen molar-refractivity contribution in [3.63, 3.8) is 0 Å². The third-order valence-corrected chi connectivity index (χ3v) is 12.2. The van der Waals surface area contributed by atoms with Gasteiger partial charge in [-0.1, -0.05) is 172 Å². The second-order valence-corrected chi connectivity index (χ2v) is 15.7. The van der Waals surface area contributed by atoms with Crippen LogP contribution >= 0.6 is 23.1 Å². The Balaban J connectivity index is 0.000000179. The number of thiazole rings is 1. The van der Waals surface area contributed by atoms with Crippen molar-refractivity contribution in [1.82, 2.24) is 0 Å². The van der Waals surface area contributed by atoms with Crippen molar-refractivity contribution >= 4 is 67.6 Å². The summed E-state index contributed by atoms with van der Waals surface area (Å²) in [5.74, 6) is 0. The van der Waals surface area contributed by atoms with E-state index >= 15 is 0 Å². The lowest BCUT2D eigenvalue weighted by Gasteiger charge is -2.43. The van der Waals surface area contributed by atoms with Gasteiger partial charge in [-0.25, -0.2) is 0 Å². The van der Waals surface area contributed by atoms with Gasteiger partial charge in [0.2, 0.25) is 5.52 Å². The molecule has 2 heterocycles. The first-order valence-electron chi connectivity index (χ1n) is 18.8. The van der Waals surface area contributed by atoms with E-state index < -0.39 is 6.15 Å². The number of benzene rings is 5. The van der Waals surface area contributed by atoms with Crippen molar-refractivity contribution in [1.29, 1.82) is 0 Å². The summed E-state index contributed by atoms with van der Waals surface area (Å²) in [6, 6.07) is 50.6. The van der Waals surface area contributed by atoms with Gasteiger partial charge in [0.05, 0.1) is 16.9 Å². The SMILES string of the molecule is CCCC[B-](c1ccccc1)(c1ccccc1)c1ccccc1.CCCN1/C(=C/C(C)=C/c2sc3ccccc3[n+]2CCC)Sc2ccccc21. The van der Waals surface area contributed by atoms with Gasteiger partial charge >= 0.3 is 0 Å². The maximum Gasteiger partial charge on any atom is 0.263 e. The van der Waals surface area contributed by atoms with E-state index in [2.05, 4.69) is 189 Å². The summed E-state index contributed by atoms with van der Waals surface area (Å²) in [6.45, 7) is 11.1. The molecule has 0 saturated heterocycles. The molecule has 1 aliphatic heterocycles. The van der Waals surface area contributed by atoms with E-state index in [-0.39, 0.29) is 0 Å². The number of anilines is 1. The summed E-state index contributed by atoms with van der Waals surface area (Å²) in [6.07, 6.45) is 9.71. The molecule has 2 nitrogen and oxygen atoms in total. The summed E-state index contributed by atoms with van der Waals surface area (Å²) in [7, 11) is 0. The Bertz CT molecular complexity index is 1950. The highest BCUT2D eigenvalue weighted by atomic mass is 32.2. The van der Waals surface area contributed by atoms with Crippen LogP contribution in [0.4, 0.5) is 5.69 Å². The molecule has 5 aromatic carbocycles. The molecule has 0 aliphatic carbocycles. The molecule has 0 radical (unpaired) electrons. The fourth-order valence-corrected chi connectivity index (χ4v) is 9.99. The number of hydrogen-bond donors (Lipinski definition) is 0. The smallest absolute Gasteiger partial charge is 0.263 e. The van der Waals surface area contributed by atoms with Crippen LogP contribution < -0.4 is 25.9 Å². The Kier molecular flexibility index (Phi) is 12.7. The third-order valence-electron chi connectivity index (χ3n) is 9.97. The zero-order chi connectivity index (χ0) is 35.5. The van der Waals surface area contributed by atoms with Crippen LogP contribution in [0.25, 0.3) is 16.3 Å². The molecular weight excluding hydrogens is 655 g/mol. The fraction of sp³-hybridized carbons (Fsp3) is 0.239. The molecule has 1 aromatic heterocycles. The number of allylic oxidation sites excluding steroid dienone is 2. The van der Waals surface area contributed by atoms with Gasteiger partial charge in [0, 0.05) is 30.0 Å². The first-order chi connectivity index (χ1) is 25.1. The van der Waals surface area contributed by atoms with Crippen molar-refractivity contribution in [2.24, 2.45) is 0 Å². The molecule has 6 aromatic rings. The summed E-state index contributed by atoms with van der Waals surface area (Å²) in [4.78, 5) is 3.82. The van der Waals surface area contributed by atoms with Crippen LogP contribution in [0.3, 0.4) is 0 Å². The van der Waals surface area contributed by atoms with E-state index in [0.29, 0.717) is 0 Å². The van der Waals surface area contributed by atoms with Gasteiger partial charge < -0.3 is 4.90 Å². The van der Waals surface area contributed by atoms with Crippen LogP contribution in [0.1, 0.15) is 58.4 Å². The summed E-state index contributed by atoms with van der Waals surface area (Å²) < 4.78 is 3.82. The Labute approximate surface area is 314 Å². The zero-order valence-corrected chi connectivity index (χ0v) is 32.3. The largest absolute Gasteiger partial charge is 0.335 e. The van der Waals surface area contributed by atoms with Crippen LogP contribution in [0.2, 0.25) is 6.32 Å². The van der Waals surface area contributed by atoms with E-state index in [4.69, 9.17) is 0 Å². The highest BCUT2D eigenvalue weighted by molar-refractivity contribution is 8.03. The molecule has 0 atom stereocenters. The standard InChI is InChI=1S/C24H27N2S2.C22H24B/c1-4-14-25-19-10-6-8-12-21(19)27-23(25)16-18(3)17-24-26(15-5-2)20-11-7-9-13-22(20)28-24;1-2-3-19-23(20-13-7-4-8-14-20,21-15-9-5-10-16-21)22-17-11-6-12-18-22/h6-13,16-17H,4-5,14-15H2,1-3H3;4-18H,2-3,19H2,1H3/q+1;-1. The maximum absolute atomic E-state index is 2.46. The van der Waals surface area contributed by atoms with Crippen molar-refractivity contribution in [2.45, 2.75) is 71.1 Å². The molecule has 260 valence electrons. The topological polar surface area (TPSA) is 7.12 Å². The Morgan fingerprint density at radius 3 is 1.82 bits per heavy atom. The third kappa shape index (κ3) is 8.27. The van der Waals surface area contributed by atoms with Crippen molar-refractivity contribution in [3.8, 4) is 0 Å². The van der Waals surface area contributed by atoms with Crippen LogP contribution in [-0.2, 0) is 6.54 Å². The minimum absolute atomic E-state index is 0.913. The number of thioether (sulfide) groups is 1. The first kappa shape index (κ1) is 36.5. The molecule has 0 bridgehead atoms. The molecule has 51 heavy (non-hydrogen) atoms. The van der Waals surface area contributed by atoms with Crippen molar-refractivity contribution < 1.29 is 4.57 Å². The summed E-state index contributed by atoms with van der Waals surface area (Å²) in [5.41, 5.74) is 8.32. The van der Waals surface area contributed by atoms with E-state index in [1.165, 1.54) is 72.0 Å². The van der Waals surface area contributed by atoms with Crippen LogP contribution in [-0.4, -0.2) is 12.7 Å². The number of rotatable bonds is 12. The van der Waals surface area contributed by atoms with Crippen LogP contribution in [0, 0.1) is 0 Å². The molecule has 0 N–H and O–H groups in total. The average molecular weight is 707 g/mol. The number of hydrogen-bond acceptors (Lipinski definition) is 3. The highest BCUT2D eigenvalue weighted by Crippen LogP contribution is 2.46. The zero-order valence-electron chi connectivity index (χ0n) is 30.7. The predicted octanol–water partition coefficient (Wildman–Crippen LogP) is 10.8. The number of unbranched alkanes of at least 4 members (excludes halogenated alkanes) is 1. The summed E-state index contributed by atoms with van der Waals surface area (Å²) in [5, 5.41) is 2.67. The number of fused-ring (bicyclic) bond motifs is 2. The lowest BCUT2D eigenvalue weighted by molar-refractivity contribution is -0.668. The first-order valence-corrected chi connectivity index (χ1v) is 20.4. The van der Waals surface area contributed by atoms with E-state index in [1.54, 1.807) is 0 Å². The van der Waals surface area contributed by atoms with E-state index in [0.717, 1.165) is 25.9 Å². The van der Waals surface area contributed by atoms with Crippen LogP contribution in [0.5, 0.6) is 0 Å². The molecule has 0 spiro atoms. The van der Waals surface area contributed by atoms with E-state index in [9.17, 15) is 0 Å². The highest BCUT2D eigenvalue weighted by Gasteiger charge is 2.29. The Morgan fingerprint density at radius 1 is 0.667 bits per heavy atom. The maximum atomic E-state index is 2.46.